The van der Waals surface area contributed by atoms with Crippen molar-refractivity contribution in [3.8, 4) is 11.1 Å². The Bertz CT molecular complexity index is 1230. The van der Waals surface area contributed by atoms with Crippen molar-refractivity contribution in [1.82, 2.24) is 4.98 Å². The van der Waals surface area contributed by atoms with E-state index < -0.39 is 23.5 Å². The Morgan fingerprint density at radius 3 is 2.56 bits per heavy atom. The molecule has 1 amide bonds. The fourth-order valence-electron chi connectivity index (χ4n) is 4.25. The number of amides is 1. The predicted molar refractivity (Wildman–Crippen MR) is 124 cm³/mol. The van der Waals surface area contributed by atoms with Crippen LogP contribution in [0.15, 0.2) is 48.7 Å². The van der Waals surface area contributed by atoms with Crippen LogP contribution in [0.2, 0.25) is 0 Å². The van der Waals surface area contributed by atoms with E-state index in [4.69, 9.17) is 0 Å². The quantitative estimate of drug-likeness (QED) is 0.441. The second-order valence-electron chi connectivity index (χ2n) is 8.64. The van der Waals surface area contributed by atoms with Crippen molar-refractivity contribution in [3.05, 3.63) is 77.0 Å². The van der Waals surface area contributed by atoms with Gasteiger partial charge in [-0.25, -0.2) is 22.5 Å². The number of nitrogens with zero attached hydrogens (tertiary/aromatic N) is 2. The number of halogens is 4. The molecule has 1 aliphatic heterocycles. The molecule has 2 heterocycles. The number of aryl methyl sites for hydroxylation is 1. The molecule has 34 heavy (non-hydrogen) atoms. The molecule has 0 unspecified atom stereocenters. The molecule has 1 aromatic heterocycles. The minimum Gasteiger partial charge on any atom is -0.356 e. The van der Waals surface area contributed by atoms with E-state index in [2.05, 4.69) is 10.3 Å². The summed E-state index contributed by atoms with van der Waals surface area (Å²) in [4.78, 5) is 19.6. The van der Waals surface area contributed by atoms with Crippen molar-refractivity contribution in [3.63, 3.8) is 0 Å². The summed E-state index contributed by atoms with van der Waals surface area (Å²) >= 11 is 0. The third-order valence-electron chi connectivity index (χ3n) is 6.07. The largest absolute Gasteiger partial charge is 0.356 e. The summed E-state index contributed by atoms with van der Waals surface area (Å²) in [5.74, 6) is -4.91. The third-order valence-corrected chi connectivity index (χ3v) is 6.07. The summed E-state index contributed by atoms with van der Waals surface area (Å²) in [5, 5.41) is 2.86. The van der Waals surface area contributed by atoms with Crippen LogP contribution in [-0.4, -0.2) is 29.9 Å². The van der Waals surface area contributed by atoms with Crippen molar-refractivity contribution >= 4 is 17.4 Å². The molecule has 3 aromatic rings. The highest BCUT2D eigenvalue weighted by Crippen LogP contribution is 2.35. The van der Waals surface area contributed by atoms with Gasteiger partial charge in [0.25, 0.3) is 5.91 Å². The zero-order chi connectivity index (χ0) is 24.5. The molecule has 1 saturated heterocycles. The average Bonchev–Trinajstić information content (AvgIpc) is 2.96. The Morgan fingerprint density at radius 1 is 1.03 bits per heavy atom. The minimum atomic E-state index is -2.76. The summed E-state index contributed by atoms with van der Waals surface area (Å²) in [7, 11) is 0. The summed E-state index contributed by atoms with van der Waals surface area (Å²) in [6.07, 6.45) is 1.18. The van der Waals surface area contributed by atoms with Crippen LogP contribution in [0.3, 0.4) is 0 Å². The van der Waals surface area contributed by atoms with Crippen molar-refractivity contribution in [2.45, 2.75) is 39.0 Å². The van der Waals surface area contributed by atoms with Crippen LogP contribution in [0.4, 0.5) is 29.1 Å². The van der Waals surface area contributed by atoms with E-state index in [-0.39, 0.29) is 31.4 Å². The zero-order valence-corrected chi connectivity index (χ0v) is 19.0. The van der Waals surface area contributed by atoms with E-state index in [0.29, 0.717) is 34.7 Å². The number of alkyl halides is 2. The molecule has 0 bridgehead atoms. The topological polar surface area (TPSA) is 45.2 Å². The maximum atomic E-state index is 14.0. The third kappa shape index (κ3) is 5.05. The van der Waals surface area contributed by atoms with Crippen LogP contribution in [0, 0.1) is 25.5 Å². The maximum absolute atomic E-state index is 14.0. The van der Waals surface area contributed by atoms with Gasteiger partial charge in [0.1, 0.15) is 5.82 Å². The lowest BCUT2D eigenvalue weighted by Gasteiger charge is -2.26. The van der Waals surface area contributed by atoms with Gasteiger partial charge in [-0.1, -0.05) is 18.2 Å². The van der Waals surface area contributed by atoms with E-state index in [9.17, 15) is 22.4 Å². The van der Waals surface area contributed by atoms with E-state index in [0.717, 1.165) is 17.7 Å². The number of pyridine rings is 1. The van der Waals surface area contributed by atoms with E-state index >= 15 is 0 Å². The molecule has 0 aliphatic carbocycles. The highest BCUT2D eigenvalue weighted by molar-refractivity contribution is 6.09. The molecule has 178 valence electrons. The smallest absolute Gasteiger partial charge is 0.259 e. The lowest BCUT2D eigenvalue weighted by molar-refractivity contribution is -0.0102. The molecule has 0 spiro atoms. The number of carbonyl (C=O) groups is 1. The molecule has 1 fully saturated rings. The number of hydrogen-bond donors (Lipinski definition) is 1. The minimum absolute atomic E-state index is 0.0503. The van der Waals surface area contributed by atoms with Gasteiger partial charge in [-0.05, 0) is 61.2 Å². The van der Waals surface area contributed by atoms with Crippen molar-refractivity contribution < 1.29 is 22.4 Å². The number of rotatable bonds is 4. The Balaban J connectivity index is 1.79. The first kappa shape index (κ1) is 23.7. The summed E-state index contributed by atoms with van der Waals surface area (Å²) < 4.78 is 55.4. The molecule has 0 atom stereocenters. The van der Waals surface area contributed by atoms with Crippen LogP contribution < -0.4 is 10.2 Å². The van der Waals surface area contributed by atoms with Gasteiger partial charge in [-0.2, -0.15) is 0 Å². The first-order valence-electron chi connectivity index (χ1n) is 11.1. The molecular formula is C26H25F4N3O. The Morgan fingerprint density at radius 2 is 1.82 bits per heavy atom. The number of hydrogen-bond acceptors (Lipinski definition) is 3. The van der Waals surface area contributed by atoms with E-state index in [1.54, 1.807) is 17.9 Å². The fraction of sp³-hybridized carbons (Fsp3) is 0.308. The zero-order valence-electron chi connectivity index (χ0n) is 19.0. The average molecular weight is 471 g/mol. The standard InChI is InChI=1S/C26H25F4N3O/c1-16-5-3-6-19(13-16)32-25(34)23-17(2)20(18-7-8-21(27)22(28)14-18)15-31-24(23)33-11-4-9-26(29,30)10-12-33/h3,5-8,13-15H,4,9-12H2,1-2H3,(H,32,34). The van der Waals surface area contributed by atoms with Gasteiger partial charge in [-0.15, -0.1) is 0 Å². The van der Waals surface area contributed by atoms with Crippen molar-refractivity contribution in [2.75, 3.05) is 23.3 Å². The fourth-order valence-corrected chi connectivity index (χ4v) is 4.25. The second-order valence-corrected chi connectivity index (χ2v) is 8.64. The maximum Gasteiger partial charge on any atom is 0.259 e. The normalized spacial score (nSPS) is 15.6. The van der Waals surface area contributed by atoms with Gasteiger partial charge in [0.15, 0.2) is 11.6 Å². The van der Waals surface area contributed by atoms with Crippen LogP contribution in [0.5, 0.6) is 0 Å². The lowest BCUT2D eigenvalue weighted by Crippen LogP contribution is -2.30. The number of nitrogens with one attached hydrogen (secondary N) is 1. The van der Waals surface area contributed by atoms with Crippen LogP contribution >= 0.6 is 0 Å². The second kappa shape index (κ2) is 9.44. The van der Waals surface area contributed by atoms with Crippen LogP contribution in [0.1, 0.15) is 40.7 Å². The highest BCUT2D eigenvalue weighted by atomic mass is 19.3. The Kier molecular flexibility index (Phi) is 6.59. The molecule has 4 nitrogen and oxygen atoms in total. The first-order chi connectivity index (χ1) is 16.1. The molecule has 8 heteroatoms. The molecule has 1 N–H and O–H groups in total. The van der Waals surface area contributed by atoms with Gasteiger partial charge in [0.05, 0.1) is 5.56 Å². The van der Waals surface area contributed by atoms with Crippen molar-refractivity contribution in [1.29, 1.82) is 0 Å². The van der Waals surface area contributed by atoms with Gasteiger partial charge in [-0.3, -0.25) is 4.79 Å². The SMILES string of the molecule is Cc1cccc(NC(=O)c2c(N3CCCC(F)(F)CC3)ncc(-c3ccc(F)c(F)c3)c2C)c1. The highest BCUT2D eigenvalue weighted by Gasteiger charge is 2.33. The molecule has 1 aliphatic rings. The molecular weight excluding hydrogens is 446 g/mol. The lowest BCUT2D eigenvalue weighted by atomic mass is 9.97. The summed E-state index contributed by atoms with van der Waals surface area (Å²) in [5.41, 5.74) is 3.07. The van der Waals surface area contributed by atoms with E-state index in [1.165, 1.54) is 12.3 Å². The van der Waals surface area contributed by atoms with E-state index in [1.807, 2.05) is 25.1 Å². The monoisotopic (exact) mass is 471 g/mol. The molecule has 4 rings (SSSR count). The summed E-state index contributed by atoms with van der Waals surface area (Å²) in [6.45, 7) is 3.97. The first-order valence-corrected chi connectivity index (χ1v) is 11.1. The molecule has 0 radical (unpaired) electrons. The van der Waals surface area contributed by atoms with Gasteiger partial charge < -0.3 is 10.2 Å². The predicted octanol–water partition coefficient (Wildman–Crippen LogP) is 6.52. The number of benzene rings is 2. The van der Waals surface area contributed by atoms with Gasteiger partial charge in [0, 0.05) is 43.4 Å². The Labute approximate surface area is 195 Å². The van der Waals surface area contributed by atoms with Gasteiger partial charge in [0.2, 0.25) is 5.92 Å². The van der Waals surface area contributed by atoms with Crippen LogP contribution in [-0.2, 0) is 0 Å². The Hall–Kier alpha value is -3.42. The van der Waals surface area contributed by atoms with Crippen LogP contribution in [0.25, 0.3) is 11.1 Å². The number of anilines is 2. The number of carbonyl (C=O) groups excluding carboxylic acids is 1. The molecule has 2 aromatic carbocycles. The molecule has 0 saturated carbocycles. The summed E-state index contributed by atoms with van der Waals surface area (Å²) in [6, 6.07) is 10.7. The van der Waals surface area contributed by atoms with Crippen molar-refractivity contribution in [2.24, 2.45) is 0 Å². The number of aromatic nitrogens is 1. The van der Waals surface area contributed by atoms with Gasteiger partial charge >= 0.3 is 0 Å².